The van der Waals surface area contributed by atoms with Gasteiger partial charge in [0.15, 0.2) is 0 Å². The minimum absolute atomic E-state index is 0.167. The van der Waals surface area contributed by atoms with Gasteiger partial charge >= 0.3 is 0 Å². The molecule has 0 saturated heterocycles. The first-order valence-corrected chi connectivity index (χ1v) is 9.87. The summed E-state index contributed by atoms with van der Waals surface area (Å²) >= 11 is 0. The Morgan fingerprint density at radius 3 is 2.38 bits per heavy atom. The van der Waals surface area contributed by atoms with Gasteiger partial charge in [0.05, 0.1) is 0 Å². The van der Waals surface area contributed by atoms with Crippen LogP contribution in [0, 0.1) is 0 Å². The highest BCUT2D eigenvalue weighted by Gasteiger charge is 2.20. The van der Waals surface area contributed by atoms with Gasteiger partial charge in [0, 0.05) is 17.8 Å². The van der Waals surface area contributed by atoms with Crippen molar-refractivity contribution in [2.24, 2.45) is 0 Å². The SMILES string of the molecule is CC(C)(C)c1ccc(-c2nc3ccccn3c2NC2CCCCC2)cc1. The predicted octanol–water partition coefficient (Wildman–Crippen LogP) is 6.04. The summed E-state index contributed by atoms with van der Waals surface area (Å²) in [6.07, 6.45) is 8.63. The fourth-order valence-corrected chi connectivity index (χ4v) is 3.90. The molecule has 2 heterocycles. The lowest BCUT2D eigenvalue weighted by atomic mass is 9.86. The largest absolute Gasteiger partial charge is 0.367 e. The van der Waals surface area contributed by atoms with E-state index in [9.17, 15) is 0 Å². The van der Waals surface area contributed by atoms with Crippen LogP contribution in [0.3, 0.4) is 0 Å². The average Bonchev–Trinajstić information content (AvgIpc) is 3.01. The van der Waals surface area contributed by atoms with Gasteiger partial charge in [-0.3, -0.25) is 4.40 Å². The number of aromatic nitrogens is 2. The second kappa shape index (κ2) is 6.79. The maximum absolute atomic E-state index is 4.94. The van der Waals surface area contributed by atoms with Gasteiger partial charge < -0.3 is 5.32 Å². The van der Waals surface area contributed by atoms with E-state index in [1.807, 2.05) is 0 Å². The Kier molecular flexibility index (Phi) is 4.47. The molecule has 3 aromatic rings. The maximum atomic E-state index is 4.94. The smallest absolute Gasteiger partial charge is 0.139 e. The van der Waals surface area contributed by atoms with Crippen LogP contribution in [0.1, 0.15) is 58.4 Å². The van der Waals surface area contributed by atoms with E-state index in [1.54, 1.807) is 0 Å². The van der Waals surface area contributed by atoms with Crippen molar-refractivity contribution in [3.63, 3.8) is 0 Å². The predicted molar refractivity (Wildman–Crippen MR) is 110 cm³/mol. The molecular formula is C23H29N3. The first-order chi connectivity index (χ1) is 12.5. The number of anilines is 1. The van der Waals surface area contributed by atoms with Crippen LogP contribution >= 0.6 is 0 Å². The van der Waals surface area contributed by atoms with E-state index in [0.717, 1.165) is 17.2 Å². The van der Waals surface area contributed by atoms with Crippen LogP contribution in [0.25, 0.3) is 16.9 Å². The molecule has 1 saturated carbocycles. The Morgan fingerprint density at radius 1 is 0.962 bits per heavy atom. The Labute approximate surface area is 156 Å². The molecule has 1 fully saturated rings. The molecule has 1 aromatic carbocycles. The van der Waals surface area contributed by atoms with E-state index in [-0.39, 0.29) is 5.41 Å². The van der Waals surface area contributed by atoms with Crippen LogP contribution in [0.15, 0.2) is 48.7 Å². The van der Waals surface area contributed by atoms with Crippen molar-refractivity contribution in [1.82, 2.24) is 9.38 Å². The number of nitrogens with one attached hydrogen (secondary N) is 1. The number of rotatable bonds is 3. The topological polar surface area (TPSA) is 29.3 Å². The Morgan fingerprint density at radius 2 is 1.69 bits per heavy atom. The van der Waals surface area contributed by atoms with E-state index in [0.29, 0.717) is 6.04 Å². The standard InChI is InChI=1S/C23H29N3/c1-23(2,3)18-14-12-17(13-15-18)21-22(24-19-9-5-4-6-10-19)26-16-8-7-11-20(26)25-21/h7-8,11-16,19,24H,4-6,9-10H2,1-3H3. The molecule has 26 heavy (non-hydrogen) atoms. The van der Waals surface area contributed by atoms with Crippen molar-refractivity contribution in [2.75, 3.05) is 5.32 Å². The second-order valence-electron chi connectivity index (χ2n) is 8.54. The number of hydrogen-bond acceptors (Lipinski definition) is 2. The summed E-state index contributed by atoms with van der Waals surface area (Å²) in [5, 5.41) is 3.82. The summed E-state index contributed by atoms with van der Waals surface area (Å²) in [5.41, 5.74) is 4.76. The van der Waals surface area contributed by atoms with Crippen LogP contribution in [0.2, 0.25) is 0 Å². The third-order valence-corrected chi connectivity index (χ3v) is 5.50. The van der Waals surface area contributed by atoms with Gasteiger partial charge in [0.1, 0.15) is 17.2 Å². The molecule has 3 nitrogen and oxygen atoms in total. The molecule has 4 rings (SSSR count). The minimum atomic E-state index is 0.167. The number of imidazole rings is 1. The van der Waals surface area contributed by atoms with Gasteiger partial charge in [0.2, 0.25) is 0 Å². The van der Waals surface area contributed by atoms with Crippen LogP contribution < -0.4 is 5.32 Å². The summed E-state index contributed by atoms with van der Waals surface area (Å²) < 4.78 is 2.20. The number of fused-ring (bicyclic) bond motifs is 1. The quantitative estimate of drug-likeness (QED) is 0.625. The normalized spacial score (nSPS) is 16.1. The van der Waals surface area contributed by atoms with Crippen LogP contribution in [-0.4, -0.2) is 15.4 Å². The zero-order valence-electron chi connectivity index (χ0n) is 16.1. The van der Waals surface area contributed by atoms with Crippen LogP contribution in [0.4, 0.5) is 5.82 Å². The minimum Gasteiger partial charge on any atom is -0.367 e. The molecule has 136 valence electrons. The van der Waals surface area contributed by atoms with E-state index in [4.69, 9.17) is 4.98 Å². The van der Waals surface area contributed by atoms with Gasteiger partial charge in [-0.25, -0.2) is 4.98 Å². The van der Waals surface area contributed by atoms with Crippen molar-refractivity contribution in [3.8, 4) is 11.3 Å². The molecule has 1 aliphatic rings. The lowest BCUT2D eigenvalue weighted by Crippen LogP contribution is -2.23. The van der Waals surface area contributed by atoms with Crippen molar-refractivity contribution >= 4 is 11.5 Å². The molecule has 3 heteroatoms. The lowest BCUT2D eigenvalue weighted by Gasteiger charge is -2.24. The van der Waals surface area contributed by atoms with E-state index < -0.39 is 0 Å². The third-order valence-electron chi connectivity index (χ3n) is 5.50. The van der Waals surface area contributed by atoms with Gasteiger partial charge in [-0.1, -0.05) is 70.4 Å². The first-order valence-electron chi connectivity index (χ1n) is 9.87. The second-order valence-corrected chi connectivity index (χ2v) is 8.54. The molecule has 0 radical (unpaired) electrons. The summed E-state index contributed by atoms with van der Waals surface area (Å²) in [7, 11) is 0. The Balaban J connectivity index is 1.75. The van der Waals surface area contributed by atoms with Gasteiger partial charge in [0.25, 0.3) is 0 Å². The Hall–Kier alpha value is -2.29. The summed E-state index contributed by atoms with van der Waals surface area (Å²) in [6, 6.07) is 15.7. The monoisotopic (exact) mass is 347 g/mol. The zero-order valence-corrected chi connectivity index (χ0v) is 16.1. The number of hydrogen-bond donors (Lipinski definition) is 1. The number of pyridine rings is 1. The molecule has 1 aliphatic carbocycles. The van der Waals surface area contributed by atoms with Crippen molar-refractivity contribution in [3.05, 3.63) is 54.2 Å². The number of benzene rings is 1. The average molecular weight is 348 g/mol. The lowest BCUT2D eigenvalue weighted by molar-refractivity contribution is 0.462. The molecule has 0 amide bonds. The highest BCUT2D eigenvalue weighted by Crippen LogP contribution is 2.33. The van der Waals surface area contributed by atoms with Crippen LogP contribution in [0.5, 0.6) is 0 Å². The maximum Gasteiger partial charge on any atom is 0.139 e. The fourth-order valence-electron chi connectivity index (χ4n) is 3.90. The van der Waals surface area contributed by atoms with Crippen molar-refractivity contribution in [1.29, 1.82) is 0 Å². The van der Waals surface area contributed by atoms with Crippen molar-refractivity contribution in [2.45, 2.75) is 64.3 Å². The third kappa shape index (κ3) is 3.35. The summed E-state index contributed by atoms with van der Waals surface area (Å²) in [4.78, 5) is 4.94. The fraction of sp³-hybridized carbons (Fsp3) is 0.435. The molecule has 0 atom stereocenters. The zero-order chi connectivity index (χ0) is 18.1. The van der Waals surface area contributed by atoms with Gasteiger partial charge in [-0.15, -0.1) is 0 Å². The Bertz CT molecular complexity index is 878. The van der Waals surface area contributed by atoms with E-state index in [2.05, 4.69) is 79.2 Å². The molecule has 0 aliphatic heterocycles. The summed E-state index contributed by atoms with van der Waals surface area (Å²) in [5.74, 6) is 1.14. The molecular weight excluding hydrogens is 318 g/mol. The molecule has 2 aromatic heterocycles. The highest BCUT2D eigenvalue weighted by atomic mass is 15.1. The van der Waals surface area contributed by atoms with Crippen LogP contribution in [-0.2, 0) is 5.41 Å². The van der Waals surface area contributed by atoms with E-state index in [1.165, 1.54) is 43.2 Å². The molecule has 1 N–H and O–H groups in total. The highest BCUT2D eigenvalue weighted by molar-refractivity contribution is 5.76. The van der Waals surface area contributed by atoms with Gasteiger partial charge in [-0.05, 0) is 36.0 Å². The molecule has 0 bridgehead atoms. The number of nitrogens with zero attached hydrogens (tertiary/aromatic N) is 2. The van der Waals surface area contributed by atoms with Gasteiger partial charge in [-0.2, -0.15) is 0 Å². The van der Waals surface area contributed by atoms with E-state index >= 15 is 0 Å². The summed E-state index contributed by atoms with van der Waals surface area (Å²) in [6.45, 7) is 6.76. The first kappa shape index (κ1) is 17.1. The van der Waals surface area contributed by atoms with Crippen molar-refractivity contribution < 1.29 is 0 Å². The molecule has 0 unspecified atom stereocenters. The molecule has 0 spiro atoms.